The molecule has 0 bridgehead atoms. The number of benzene rings is 2. The molecule has 186 valence electrons. The van der Waals surface area contributed by atoms with E-state index in [1.165, 1.54) is 17.1 Å². The van der Waals surface area contributed by atoms with Crippen LogP contribution in [0, 0.1) is 0 Å². The van der Waals surface area contributed by atoms with Crippen LogP contribution in [-0.2, 0) is 11.5 Å². The number of esters is 1. The van der Waals surface area contributed by atoms with Crippen LogP contribution in [0.15, 0.2) is 79.3 Å². The third kappa shape index (κ3) is 5.14. The monoisotopic (exact) mass is 516 g/mol. The molecule has 5 rings (SSSR count). The molecule has 0 unspecified atom stereocenters. The second-order valence-corrected chi connectivity index (χ2v) is 8.26. The van der Waals surface area contributed by atoms with E-state index < -0.39 is 5.97 Å². The summed E-state index contributed by atoms with van der Waals surface area (Å²) in [5, 5.41) is 12.0. The molecule has 0 aliphatic rings. The van der Waals surface area contributed by atoms with Gasteiger partial charge in [-0.3, -0.25) is 4.79 Å². The molecule has 11 heteroatoms. The Morgan fingerprint density at radius 2 is 1.86 bits per heavy atom. The number of nitrogens with one attached hydrogen (secondary N) is 1. The first-order valence-electron chi connectivity index (χ1n) is 11.4. The van der Waals surface area contributed by atoms with Gasteiger partial charge in [0.25, 0.3) is 5.91 Å². The summed E-state index contributed by atoms with van der Waals surface area (Å²) in [5.74, 6) is -0.231. The number of nitrogens with zero attached hydrogens (tertiary/aromatic N) is 5. The largest absolute Gasteiger partial charge is 0.471 e. The summed E-state index contributed by atoms with van der Waals surface area (Å²) in [7, 11) is 0. The van der Waals surface area contributed by atoms with Gasteiger partial charge in [-0.15, -0.1) is 0 Å². The average Bonchev–Trinajstić information content (AvgIpc) is 3.56. The number of anilines is 1. The molecular formula is C26H21ClN6O4. The number of carbonyl (C=O) groups is 2. The van der Waals surface area contributed by atoms with Gasteiger partial charge in [0.2, 0.25) is 0 Å². The van der Waals surface area contributed by atoms with Crippen LogP contribution in [0.1, 0.15) is 27.8 Å². The Morgan fingerprint density at radius 3 is 2.68 bits per heavy atom. The van der Waals surface area contributed by atoms with Crippen LogP contribution in [-0.4, -0.2) is 42.9 Å². The smallest absolute Gasteiger partial charge is 0.343 e. The molecule has 0 saturated carbocycles. The van der Waals surface area contributed by atoms with Gasteiger partial charge in [-0.2, -0.15) is 10.2 Å². The number of fused-ring (bicyclic) bond motifs is 1. The van der Waals surface area contributed by atoms with Crippen LogP contribution in [0.4, 0.5) is 5.69 Å². The maximum absolute atomic E-state index is 13.0. The van der Waals surface area contributed by atoms with Crippen LogP contribution in [0.3, 0.4) is 0 Å². The van der Waals surface area contributed by atoms with Gasteiger partial charge in [-0.25, -0.2) is 19.0 Å². The Balaban J connectivity index is 1.34. The minimum atomic E-state index is -0.486. The van der Waals surface area contributed by atoms with Crippen LogP contribution in [0.25, 0.3) is 16.9 Å². The number of hydrogen-bond acceptors (Lipinski definition) is 7. The number of aromatic nitrogens is 5. The highest BCUT2D eigenvalue weighted by Gasteiger charge is 2.18. The highest BCUT2D eigenvalue weighted by molar-refractivity contribution is 6.30. The lowest BCUT2D eigenvalue weighted by atomic mass is 10.1. The number of halogens is 1. The molecule has 5 aromatic rings. The summed E-state index contributed by atoms with van der Waals surface area (Å²) in [6, 6.07) is 17.6. The number of amides is 1. The van der Waals surface area contributed by atoms with E-state index >= 15 is 0 Å². The van der Waals surface area contributed by atoms with Crippen LogP contribution >= 0.6 is 11.6 Å². The molecule has 3 heterocycles. The fourth-order valence-corrected chi connectivity index (χ4v) is 3.84. The molecule has 0 atom stereocenters. The molecule has 1 amide bonds. The lowest BCUT2D eigenvalue weighted by Crippen LogP contribution is -2.19. The number of hydrogen-bond donors (Lipinski definition) is 1. The van der Waals surface area contributed by atoms with E-state index in [9.17, 15) is 9.59 Å². The van der Waals surface area contributed by atoms with Crippen molar-refractivity contribution in [3.8, 4) is 17.0 Å². The van der Waals surface area contributed by atoms with E-state index in [2.05, 4.69) is 20.5 Å². The van der Waals surface area contributed by atoms with Crippen molar-refractivity contribution in [1.29, 1.82) is 0 Å². The van der Waals surface area contributed by atoms with Gasteiger partial charge in [0.1, 0.15) is 17.0 Å². The minimum Gasteiger partial charge on any atom is -0.471 e. The first kappa shape index (κ1) is 24.0. The quantitative estimate of drug-likeness (QED) is 0.297. The maximum atomic E-state index is 13.0. The van der Waals surface area contributed by atoms with Crippen LogP contribution in [0.5, 0.6) is 5.75 Å². The third-order valence-corrected chi connectivity index (χ3v) is 5.68. The van der Waals surface area contributed by atoms with E-state index in [1.807, 2.05) is 18.2 Å². The van der Waals surface area contributed by atoms with Gasteiger partial charge in [0.15, 0.2) is 12.4 Å². The highest BCUT2D eigenvalue weighted by Crippen LogP contribution is 2.24. The van der Waals surface area contributed by atoms with E-state index in [0.717, 1.165) is 5.56 Å². The maximum Gasteiger partial charge on any atom is 0.343 e. The molecular weight excluding hydrogens is 496 g/mol. The topological polar surface area (TPSA) is 113 Å². The molecule has 1 N–H and O–H groups in total. The zero-order valence-corrected chi connectivity index (χ0v) is 20.4. The van der Waals surface area contributed by atoms with Gasteiger partial charge in [0, 0.05) is 28.7 Å². The standard InChI is InChI=1S/C26H21ClN6O4/c1-2-36-26(35)21-15-30-33-22(10-12-28-24(21)33)17-4-3-5-19(14-17)31-25(34)23-11-13-29-32(23)16-37-20-8-6-18(27)7-9-20/h3-15H,2,16H2,1H3,(H,31,34). The second kappa shape index (κ2) is 10.5. The Labute approximate surface area is 216 Å². The Bertz CT molecular complexity index is 1580. The highest BCUT2D eigenvalue weighted by atomic mass is 35.5. The van der Waals surface area contributed by atoms with Gasteiger partial charge in [-0.05, 0) is 55.5 Å². The van der Waals surface area contributed by atoms with Crippen molar-refractivity contribution in [1.82, 2.24) is 24.4 Å². The summed E-state index contributed by atoms with van der Waals surface area (Å²) in [6.45, 7) is 2.04. The van der Waals surface area contributed by atoms with Crippen LogP contribution < -0.4 is 10.1 Å². The zero-order valence-electron chi connectivity index (χ0n) is 19.7. The molecule has 0 fully saturated rings. The lowest BCUT2D eigenvalue weighted by Gasteiger charge is -2.11. The van der Waals surface area contributed by atoms with Gasteiger partial charge >= 0.3 is 5.97 Å². The predicted octanol–water partition coefficient (Wildman–Crippen LogP) is 4.71. The van der Waals surface area contributed by atoms with Crippen molar-refractivity contribution in [2.45, 2.75) is 13.7 Å². The first-order chi connectivity index (χ1) is 18.0. The van der Waals surface area contributed by atoms with Crippen molar-refractivity contribution in [3.05, 3.63) is 95.5 Å². The Morgan fingerprint density at radius 1 is 1.03 bits per heavy atom. The van der Waals surface area contributed by atoms with Crippen LogP contribution in [0.2, 0.25) is 5.02 Å². The summed E-state index contributed by atoms with van der Waals surface area (Å²) in [5.41, 5.74) is 3.02. The minimum absolute atomic E-state index is 0.0501. The second-order valence-electron chi connectivity index (χ2n) is 7.82. The average molecular weight is 517 g/mol. The summed E-state index contributed by atoms with van der Waals surface area (Å²) >= 11 is 5.91. The van der Waals surface area contributed by atoms with Crippen molar-refractivity contribution >= 4 is 34.8 Å². The molecule has 0 aliphatic heterocycles. The van der Waals surface area contributed by atoms with Crippen molar-refractivity contribution in [2.24, 2.45) is 0 Å². The van der Waals surface area contributed by atoms with Gasteiger partial charge in [0.05, 0.1) is 18.5 Å². The number of ether oxygens (including phenoxy) is 2. The molecule has 10 nitrogen and oxygen atoms in total. The third-order valence-electron chi connectivity index (χ3n) is 5.43. The summed E-state index contributed by atoms with van der Waals surface area (Å²) < 4.78 is 13.8. The molecule has 0 saturated heterocycles. The molecule has 2 aromatic carbocycles. The fraction of sp³-hybridized carbons (Fsp3) is 0.115. The molecule has 37 heavy (non-hydrogen) atoms. The number of rotatable bonds is 8. The molecule has 0 spiro atoms. The number of carbonyl (C=O) groups excluding carboxylic acids is 2. The SMILES string of the molecule is CCOC(=O)c1cnn2c(-c3cccc(NC(=O)c4ccnn4COc4ccc(Cl)cc4)c3)ccnc12. The van der Waals surface area contributed by atoms with E-state index in [4.69, 9.17) is 21.1 Å². The first-order valence-corrected chi connectivity index (χ1v) is 11.7. The Kier molecular flexibility index (Phi) is 6.82. The zero-order chi connectivity index (χ0) is 25.8. The fourth-order valence-electron chi connectivity index (χ4n) is 3.71. The van der Waals surface area contributed by atoms with Crippen molar-refractivity contribution in [2.75, 3.05) is 11.9 Å². The molecule has 0 radical (unpaired) electrons. The summed E-state index contributed by atoms with van der Waals surface area (Å²) in [6.07, 6.45) is 4.56. The molecule has 3 aromatic heterocycles. The summed E-state index contributed by atoms with van der Waals surface area (Å²) in [4.78, 5) is 29.6. The van der Waals surface area contributed by atoms with E-state index in [1.54, 1.807) is 60.1 Å². The van der Waals surface area contributed by atoms with Gasteiger partial charge in [-0.1, -0.05) is 23.7 Å². The lowest BCUT2D eigenvalue weighted by molar-refractivity contribution is 0.0528. The van der Waals surface area contributed by atoms with Crippen molar-refractivity contribution in [3.63, 3.8) is 0 Å². The van der Waals surface area contributed by atoms with E-state index in [0.29, 0.717) is 33.5 Å². The normalized spacial score (nSPS) is 10.9. The predicted molar refractivity (Wildman–Crippen MR) is 137 cm³/mol. The van der Waals surface area contributed by atoms with Crippen molar-refractivity contribution < 1.29 is 19.1 Å². The van der Waals surface area contributed by atoms with Gasteiger partial charge < -0.3 is 14.8 Å². The molecule has 0 aliphatic carbocycles. The van der Waals surface area contributed by atoms with E-state index in [-0.39, 0.29) is 24.8 Å². The Hall–Kier alpha value is -4.70.